The molecule has 31 heavy (non-hydrogen) atoms. The minimum Gasteiger partial charge on any atom is -0.324 e. The minimum atomic E-state index is -3.87. The van der Waals surface area contributed by atoms with Gasteiger partial charge in [-0.1, -0.05) is 6.07 Å². The van der Waals surface area contributed by atoms with E-state index < -0.39 is 15.8 Å². The maximum atomic E-state index is 14.2. The van der Waals surface area contributed by atoms with Gasteiger partial charge >= 0.3 is 0 Å². The molecule has 1 aliphatic rings. The Hall–Kier alpha value is -2.91. The molecule has 0 bridgehead atoms. The van der Waals surface area contributed by atoms with E-state index in [-0.39, 0.29) is 10.8 Å². The van der Waals surface area contributed by atoms with Crippen LogP contribution >= 0.6 is 0 Å². The fourth-order valence-electron chi connectivity index (χ4n) is 3.81. The second kappa shape index (κ2) is 8.68. The van der Waals surface area contributed by atoms with Gasteiger partial charge in [-0.25, -0.2) is 22.8 Å². The van der Waals surface area contributed by atoms with Crippen LogP contribution < -0.4 is 5.32 Å². The van der Waals surface area contributed by atoms with Gasteiger partial charge in [0.1, 0.15) is 10.7 Å². The van der Waals surface area contributed by atoms with Crippen molar-refractivity contribution < 1.29 is 12.8 Å². The molecule has 1 N–H and O–H groups in total. The maximum Gasteiger partial charge on any atom is 0.245 e. The average molecular weight is 442 g/mol. The molecule has 0 atom stereocenters. The fraction of sp³-hybridized carbons (Fsp3) is 0.318. The van der Waals surface area contributed by atoms with E-state index in [4.69, 9.17) is 0 Å². The molecule has 1 saturated heterocycles. The summed E-state index contributed by atoms with van der Waals surface area (Å²) in [7, 11) is -3.87. The summed E-state index contributed by atoms with van der Waals surface area (Å²) in [6.45, 7) is 4.31. The molecule has 1 aliphatic heterocycles. The number of hydrogen-bond acceptors (Lipinski definition) is 6. The number of hydrogen-bond donors (Lipinski definition) is 1. The van der Waals surface area contributed by atoms with Crippen LogP contribution in [0.25, 0.3) is 0 Å². The molecule has 0 amide bonds. The van der Waals surface area contributed by atoms with Crippen LogP contribution in [0.2, 0.25) is 0 Å². The zero-order chi connectivity index (χ0) is 22.0. The normalized spacial score (nSPS) is 15.7. The lowest BCUT2D eigenvalue weighted by molar-refractivity contribution is 0.315. The lowest BCUT2D eigenvalue weighted by Crippen LogP contribution is -2.38. The van der Waals surface area contributed by atoms with Crippen molar-refractivity contribution in [3.8, 4) is 0 Å². The van der Waals surface area contributed by atoms with Crippen molar-refractivity contribution in [2.24, 2.45) is 0 Å². The van der Waals surface area contributed by atoms with Gasteiger partial charge < -0.3 is 5.32 Å². The Balaban J connectivity index is 1.49. The highest BCUT2D eigenvalue weighted by atomic mass is 32.2. The average Bonchev–Trinajstić information content (AvgIpc) is 2.76. The predicted octanol–water partition coefficient (Wildman–Crippen LogP) is 3.94. The van der Waals surface area contributed by atoms with Crippen LogP contribution in [0.1, 0.15) is 35.7 Å². The summed E-state index contributed by atoms with van der Waals surface area (Å²) in [4.78, 5) is 12.8. The lowest BCUT2D eigenvalue weighted by atomic mass is 9.93. The van der Waals surface area contributed by atoms with Crippen molar-refractivity contribution in [2.75, 3.05) is 18.4 Å². The zero-order valence-electron chi connectivity index (χ0n) is 17.4. The summed E-state index contributed by atoms with van der Waals surface area (Å²) in [5, 5.41) is 3.18. The number of sulfonamides is 1. The van der Waals surface area contributed by atoms with Crippen molar-refractivity contribution in [1.82, 2.24) is 19.3 Å². The summed E-state index contributed by atoms with van der Waals surface area (Å²) < 4.78 is 41.5. The third kappa shape index (κ3) is 4.72. The second-order valence-corrected chi connectivity index (χ2v) is 9.64. The Bertz CT molecular complexity index is 1180. The Morgan fingerprint density at radius 1 is 1.06 bits per heavy atom. The van der Waals surface area contributed by atoms with Gasteiger partial charge in [-0.2, -0.15) is 4.31 Å². The third-order valence-corrected chi connectivity index (χ3v) is 7.29. The van der Waals surface area contributed by atoms with E-state index in [9.17, 15) is 12.8 Å². The van der Waals surface area contributed by atoms with Gasteiger partial charge in [-0.05, 0) is 62.6 Å². The first-order valence-corrected chi connectivity index (χ1v) is 11.6. The number of rotatable bonds is 5. The van der Waals surface area contributed by atoms with Crippen LogP contribution in [0.3, 0.4) is 0 Å². The number of nitrogens with one attached hydrogen (secondary N) is 1. The van der Waals surface area contributed by atoms with E-state index in [1.807, 2.05) is 19.1 Å². The Morgan fingerprint density at radius 3 is 2.48 bits per heavy atom. The summed E-state index contributed by atoms with van der Waals surface area (Å²) in [5.41, 5.74) is 3.30. The van der Waals surface area contributed by atoms with Gasteiger partial charge in [0.25, 0.3) is 0 Å². The predicted molar refractivity (Wildman–Crippen MR) is 116 cm³/mol. The van der Waals surface area contributed by atoms with Gasteiger partial charge in [0.15, 0.2) is 0 Å². The molecular weight excluding hydrogens is 417 g/mol. The summed E-state index contributed by atoms with van der Waals surface area (Å²) in [5.74, 6) is -0.0991. The molecule has 3 aromatic rings. The molecule has 7 nitrogen and oxygen atoms in total. The quantitative estimate of drug-likeness (QED) is 0.645. The van der Waals surface area contributed by atoms with Crippen LogP contribution in [0.5, 0.6) is 0 Å². The standard InChI is InChI=1S/C22H24FN5O2S/c1-15-4-5-19(23)21(12-15)31(29,30)28-10-6-17(7-11-28)20-14-18(13-16(2)26-20)27-22-24-8-3-9-25-22/h3-5,8-9,12-14,17H,6-7,10-11H2,1-2H3,(H,24,25,26,27). The number of aromatic nitrogens is 3. The second-order valence-electron chi connectivity index (χ2n) is 7.73. The molecule has 1 fully saturated rings. The number of piperidine rings is 1. The first-order chi connectivity index (χ1) is 14.8. The Labute approximate surface area is 181 Å². The van der Waals surface area contributed by atoms with Gasteiger partial charge in [0.05, 0.1) is 0 Å². The molecule has 0 aliphatic carbocycles. The topological polar surface area (TPSA) is 88.1 Å². The SMILES string of the molecule is Cc1ccc(F)c(S(=O)(=O)N2CCC(c3cc(Nc4ncccn4)cc(C)n3)CC2)c1. The molecule has 9 heteroatoms. The van der Waals surface area contributed by atoms with E-state index in [0.29, 0.717) is 37.4 Å². The van der Waals surface area contributed by atoms with Crippen LogP contribution in [0.4, 0.5) is 16.0 Å². The lowest BCUT2D eigenvalue weighted by Gasteiger charge is -2.31. The van der Waals surface area contributed by atoms with E-state index >= 15 is 0 Å². The van der Waals surface area contributed by atoms with Crippen LogP contribution in [-0.2, 0) is 10.0 Å². The van der Waals surface area contributed by atoms with Crippen molar-refractivity contribution >= 4 is 21.7 Å². The van der Waals surface area contributed by atoms with E-state index in [1.54, 1.807) is 31.5 Å². The summed E-state index contributed by atoms with van der Waals surface area (Å²) >= 11 is 0. The minimum absolute atomic E-state index is 0.117. The highest BCUT2D eigenvalue weighted by Crippen LogP contribution is 2.32. The number of benzene rings is 1. The Kier molecular flexibility index (Phi) is 5.97. The van der Waals surface area contributed by atoms with Crippen LogP contribution in [0.15, 0.2) is 53.7 Å². The largest absolute Gasteiger partial charge is 0.324 e. The molecule has 3 heterocycles. The number of nitrogens with zero attached hydrogens (tertiary/aromatic N) is 4. The van der Waals surface area contributed by atoms with Gasteiger partial charge in [-0.3, -0.25) is 4.98 Å². The van der Waals surface area contributed by atoms with Gasteiger partial charge in [0.2, 0.25) is 16.0 Å². The molecule has 0 unspecified atom stereocenters. The van der Waals surface area contributed by atoms with Crippen LogP contribution in [-0.4, -0.2) is 40.8 Å². The Morgan fingerprint density at radius 2 is 1.77 bits per heavy atom. The van der Waals surface area contributed by atoms with Crippen molar-refractivity contribution in [3.05, 3.63) is 71.6 Å². The molecule has 1 aromatic carbocycles. The number of anilines is 2. The monoisotopic (exact) mass is 441 g/mol. The smallest absolute Gasteiger partial charge is 0.245 e. The van der Waals surface area contributed by atoms with Crippen molar-refractivity contribution in [1.29, 1.82) is 0 Å². The molecule has 0 radical (unpaired) electrons. The van der Waals surface area contributed by atoms with Gasteiger partial charge in [0, 0.05) is 48.5 Å². The van der Waals surface area contributed by atoms with E-state index in [2.05, 4.69) is 20.3 Å². The molecule has 162 valence electrons. The number of aryl methyl sites for hydroxylation is 2. The van der Waals surface area contributed by atoms with Crippen molar-refractivity contribution in [2.45, 2.75) is 37.5 Å². The first kappa shape index (κ1) is 21.3. The molecular formula is C22H24FN5O2S. The van der Waals surface area contributed by atoms with E-state index in [1.165, 1.54) is 16.4 Å². The van der Waals surface area contributed by atoms with Crippen molar-refractivity contribution in [3.63, 3.8) is 0 Å². The fourth-order valence-corrected chi connectivity index (χ4v) is 5.43. The molecule has 0 saturated carbocycles. The highest BCUT2D eigenvalue weighted by Gasteiger charge is 2.32. The zero-order valence-corrected chi connectivity index (χ0v) is 18.2. The van der Waals surface area contributed by atoms with Gasteiger partial charge in [-0.15, -0.1) is 0 Å². The summed E-state index contributed by atoms with van der Waals surface area (Å²) in [6, 6.07) is 9.78. The third-order valence-electron chi connectivity index (χ3n) is 5.37. The summed E-state index contributed by atoms with van der Waals surface area (Å²) in [6.07, 6.45) is 4.56. The highest BCUT2D eigenvalue weighted by molar-refractivity contribution is 7.89. The van der Waals surface area contributed by atoms with E-state index in [0.717, 1.165) is 17.1 Å². The number of halogens is 1. The number of pyridine rings is 1. The molecule has 4 rings (SSSR count). The molecule has 2 aromatic heterocycles. The van der Waals surface area contributed by atoms with Crippen LogP contribution in [0, 0.1) is 19.7 Å². The molecule has 0 spiro atoms. The maximum absolute atomic E-state index is 14.2. The first-order valence-electron chi connectivity index (χ1n) is 10.1.